The lowest BCUT2D eigenvalue weighted by Crippen LogP contribution is -2.23. The number of carbonyl (C=O) groups excluding carboxylic acids is 1. The fourth-order valence-electron chi connectivity index (χ4n) is 1.53. The molecule has 0 aliphatic carbocycles. The SMILES string of the molecule is CCCCOCCNc1ccnc(C(=O)NCC)c1. The van der Waals surface area contributed by atoms with Crippen LogP contribution in [0.4, 0.5) is 5.69 Å². The normalized spacial score (nSPS) is 10.2. The molecule has 5 heteroatoms. The lowest BCUT2D eigenvalue weighted by Gasteiger charge is -2.08. The fraction of sp³-hybridized carbons (Fsp3) is 0.571. The minimum Gasteiger partial charge on any atom is -0.383 e. The van der Waals surface area contributed by atoms with Gasteiger partial charge in [0, 0.05) is 31.6 Å². The molecule has 0 bridgehead atoms. The van der Waals surface area contributed by atoms with Crippen LogP contribution in [0.5, 0.6) is 0 Å². The van der Waals surface area contributed by atoms with Crippen LogP contribution < -0.4 is 10.6 Å². The van der Waals surface area contributed by atoms with E-state index in [1.807, 2.05) is 13.0 Å². The van der Waals surface area contributed by atoms with Crippen molar-refractivity contribution in [2.75, 3.05) is 31.6 Å². The van der Waals surface area contributed by atoms with Gasteiger partial charge < -0.3 is 15.4 Å². The molecule has 1 aromatic rings. The molecule has 0 aliphatic heterocycles. The minimum absolute atomic E-state index is 0.148. The van der Waals surface area contributed by atoms with Crippen LogP contribution in [-0.2, 0) is 4.74 Å². The minimum atomic E-state index is -0.148. The summed E-state index contributed by atoms with van der Waals surface area (Å²) in [5.41, 5.74) is 1.31. The summed E-state index contributed by atoms with van der Waals surface area (Å²) in [4.78, 5) is 15.7. The fourth-order valence-corrected chi connectivity index (χ4v) is 1.53. The van der Waals surface area contributed by atoms with Crippen LogP contribution in [0.15, 0.2) is 18.3 Å². The van der Waals surface area contributed by atoms with Gasteiger partial charge in [0.2, 0.25) is 0 Å². The third kappa shape index (κ3) is 6.20. The number of carbonyl (C=O) groups is 1. The molecule has 0 atom stereocenters. The largest absolute Gasteiger partial charge is 0.383 e. The molecular formula is C14H23N3O2. The molecule has 1 amide bonds. The van der Waals surface area contributed by atoms with Crippen LogP contribution in [-0.4, -0.2) is 37.2 Å². The molecule has 1 aromatic heterocycles. The maximum Gasteiger partial charge on any atom is 0.269 e. The Morgan fingerprint density at radius 1 is 1.37 bits per heavy atom. The average Bonchev–Trinajstić information content (AvgIpc) is 2.43. The molecule has 0 spiro atoms. The summed E-state index contributed by atoms with van der Waals surface area (Å²) in [6.45, 7) is 6.82. The van der Waals surface area contributed by atoms with Gasteiger partial charge in [-0.3, -0.25) is 9.78 Å². The number of nitrogens with zero attached hydrogens (tertiary/aromatic N) is 1. The second kappa shape index (κ2) is 9.33. The van der Waals surface area contributed by atoms with E-state index in [-0.39, 0.29) is 5.91 Å². The zero-order valence-electron chi connectivity index (χ0n) is 11.7. The van der Waals surface area contributed by atoms with Gasteiger partial charge in [0.05, 0.1) is 6.61 Å². The molecule has 106 valence electrons. The van der Waals surface area contributed by atoms with Crippen molar-refractivity contribution in [3.63, 3.8) is 0 Å². The van der Waals surface area contributed by atoms with E-state index in [1.165, 1.54) is 0 Å². The van der Waals surface area contributed by atoms with Crippen molar-refractivity contribution in [2.45, 2.75) is 26.7 Å². The van der Waals surface area contributed by atoms with Gasteiger partial charge in [0.1, 0.15) is 5.69 Å². The van der Waals surface area contributed by atoms with E-state index in [0.29, 0.717) is 18.8 Å². The predicted octanol–water partition coefficient (Wildman–Crippen LogP) is 2.06. The molecule has 2 N–H and O–H groups in total. The monoisotopic (exact) mass is 265 g/mol. The molecule has 0 unspecified atom stereocenters. The highest BCUT2D eigenvalue weighted by atomic mass is 16.5. The number of aromatic nitrogens is 1. The third-order valence-electron chi connectivity index (χ3n) is 2.55. The van der Waals surface area contributed by atoms with Crippen LogP contribution in [0, 0.1) is 0 Å². The van der Waals surface area contributed by atoms with Gasteiger partial charge in [-0.2, -0.15) is 0 Å². The summed E-state index contributed by atoms with van der Waals surface area (Å²) < 4.78 is 5.45. The van der Waals surface area contributed by atoms with Crippen molar-refractivity contribution in [3.05, 3.63) is 24.0 Å². The van der Waals surface area contributed by atoms with E-state index in [0.717, 1.165) is 31.7 Å². The zero-order chi connectivity index (χ0) is 13.9. The van der Waals surface area contributed by atoms with E-state index < -0.39 is 0 Å². The first-order valence-corrected chi connectivity index (χ1v) is 6.83. The number of pyridine rings is 1. The summed E-state index contributed by atoms with van der Waals surface area (Å²) in [5.74, 6) is -0.148. The first kappa shape index (κ1) is 15.4. The lowest BCUT2D eigenvalue weighted by molar-refractivity contribution is 0.0951. The highest BCUT2D eigenvalue weighted by Crippen LogP contribution is 2.07. The van der Waals surface area contributed by atoms with Gasteiger partial charge in [-0.05, 0) is 25.5 Å². The molecule has 0 saturated carbocycles. The molecule has 0 saturated heterocycles. The highest BCUT2D eigenvalue weighted by molar-refractivity contribution is 5.93. The average molecular weight is 265 g/mol. The summed E-state index contributed by atoms with van der Waals surface area (Å²) in [6, 6.07) is 3.59. The van der Waals surface area contributed by atoms with E-state index >= 15 is 0 Å². The van der Waals surface area contributed by atoms with Crippen molar-refractivity contribution in [1.29, 1.82) is 0 Å². The molecule has 5 nitrogen and oxygen atoms in total. The van der Waals surface area contributed by atoms with Crippen molar-refractivity contribution >= 4 is 11.6 Å². The highest BCUT2D eigenvalue weighted by Gasteiger charge is 2.05. The Labute approximate surface area is 114 Å². The van der Waals surface area contributed by atoms with Crippen molar-refractivity contribution in [2.24, 2.45) is 0 Å². The maximum absolute atomic E-state index is 11.6. The Hall–Kier alpha value is -1.62. The van der Waals surface area contributed by atoms with Crippen molar-refractivity contribution < 1.29 is 9.53 Å². The number of hydrogen-bond acceptors (Lipinski definition) is 4. The number of anilines is 1. The van der Waals surface area contributed by atoms with Crippen LogP contribution in [0.3, 0.4) is 0 Å². The third-order valence-corrected chi connectivity index (χ3v) is 2.55. The predicted molar refractivity (Wildman–Crippen MR) is 76.5 cm³/mol. The number of ether oxygens (including phenoxy) is 1. The maximum atomic E-state index is 11.6. The number of nitrogens with one attached hydrogen (secondary N) is 2. The standard InChI is InChI=1S/C14H23N3O2/c1-3-5-9-19-10-8-16-12-6-7-17-13(11-12)14(18)15-4-2/h6-7,11H,3-5,8-10H2,1-2H3,(H,15,18)(H,16,17). The first-order valence-electron chi connectivity index (χ1n) is 6.83. The second-order valence-corrected chi connectivity index (χ2v) is 4.18. The van der Waals surface area contributed by atoms with Crippen molar-refractivity contribution in [3.8, 4) is 0 Å². The molecule has 0 aromatic carbocycles. The summed E-state index contributed by atoms with van der Waals surface area (Å²) in [7, 11) is 0. The Bertz CT molecular complexity index is 383. The number of amides is 1. The Balaban J connectivity index is 2.34. The molecule has 0 radical (unpaired) electrons. The van der Waals surface area contributed by atoms with Gasteiger partial charge in [0.25, 0.3) is 5.91 Å². The Morgan fingerprint density at radius 3 is 2.95 bits per heavy atom. The number of hydrogen-bond donors (Lipinski definition) is 2. The molecule has 0 fully saturated rings. The van der Waals surface area contributed by atoms with Crippen molar-refractivity contribution in [1.82, 2.24) is 10.3 Å². The van der Waals surface area contributed by atoms with Gasteiger partial charge in [-0.1, -0.05) is 13.3 Å². The van der Waals surface area contributed by atoms with Gasteiger partial charge in [0.15, 0.2) is 0 Å². The zero-order valence-corrected chi connectivity index (χ0v) is 11.7. The Morgan fingerprint density at radius 2 is 2.21 bits per heavy atom. The Kier molecular flexibility index (Phi) is 7.58. The summed E-state index contributed by atoms with van der Waals surface area (Å²) in [6.07, 6.45) is 3.87. The van der Waals surface area contributed by atoms with E-state index in [9.17, 15) is 4.79 Å². The van der Waals surface area contributed by atoms with E-state index in [4.69, 9.17) is 4.74 Å². The van der Waals surface area contributed by atoms with Crippen LogP contribution >= 0.6 is 0 Å². The molecule has 1 heterocycles. The quantitative estimate of drug-likeness (QED) is 0.671. The molecular weight excluding hydrogens is 242 g/mol. The van der Waals surface area contributed by atoms with Gasteiger partial charge in [-0.15, -0.1) is 0 Å². The summed E-state index contributed by atoms with van der Waals surface area (Å²) >= 11 is 0. The smallest absolute Gasteiger partial charge is 0.269 e. The molecule has 1 rings (SSSR count). The molecule has 19 heavy (non-hydrogen) atoms. The van der Waals surface area contributed by atoms with Crippen LogP contribution in [0.25, 0.3) is 0 Å². The van der Waals surface area contributed by atoms with Gasteiger partial charge in [-0.25, -0.2) is 0 Å². The topological polar surface area (TPSA) is 63.2 Å². The van der Waals surface area contributed by atoms with Crippen LogP contribution in [0.2, 0.25) is 0 Å². The number of unbranched alkanes of at least 4 members (excludes halogenated alkanes) is 1. The van der Waals surface area contributed by atoms with Crippen LogP contribution in [0.1, 0.15) is 37.2 Å². The summed E-state index contributed by atoms with van der Waals surface area (Å²) in [5, 5.41) is 5.94. The van der Waals surface area contributed by atoms with Gasteiger partial charge >= 0.3 is 0 Å². The lowest BCUT2D eigenvalue weighted by atomic mass is 10.3. The van der Waals surface area contributed by atoms with E-state index in [2.05, 4.69) is 22.5 Å². The first-order chi connectivity index (χ1) is 9.27. The van der Waals surface area contributed by atoms with E-state index in [1.54, 1.807) is 12.3 Å². The number of rotatable bonds is 9. The molecule has 0 aliphatic rings. The second-order valence-electron chi connectivity index (χ2n) is 4.18.